The smallest absolute Gasteiger partial charge is 0.434 e. The Balaban J connectivity index is 4.59. The molecule has 0 radical (unpaired) electrons. The fourth-order valence-corrected chi connectivity index (χ4v) is 7.05. The molecule has 0 heterocycles. The van der Waals surface area contributed by atoms with E-state index in [1.165, 1.54) is 135 Å². The molecule has 0 bridgehead atoms. The molecule has 12 heteroatoms. The predicted octanol–water partition coefficient (Wildman–Crippen LogP) is 14.8. The standard InChI is InChI=1S/C51H98O12/c1-7-10-13-16-19-22-25-28-31-34-37-55-49(52)60-40-45(4)58-43-48(63-47(6)42-62-51(54)57-39-36-33-30-27-24-21-18-15-12-9-3)44-59-46(5)41-61-50(53)56-38-35-32-29-26-23-20-17-14-11-8-2/h45-48H,7-44H2,1-6H3. The van der Waals surface area contributed by atoms with Crippen molar-refractivity contribution >= 4 is 18.5 Å². The van der Waals surface area contributed by atoms with Crippen LogP contribution >= 0.6 is 0 Å². The number of ether oxygens (including phenoxy) is 9. The SMILES string of the molecule is CCCCCCCCCCCCOC(=O)OCC(C)OCC(COC(C)COC(=O)OCCCCCCCCCCCC)OC(C)COC(=O)OCCCCCCCCCCCC. The van der Waals surface area contributed by atoms with Gasteiger partial charge in [0.05, 0.1) is 51.3 Å². The highest BCUT2D eigenvalue weighted by Crippen LogP contribution is 2.14. The summed E-state index contributed by atoms with van der Waals surface area (Å²) in [6.45, 7) is 13.3. The molecule has 63 heavy (non-hydrogen) atoms. The zero-order valence-corrected chi connectivity index (χ0v) is 41.6. The zero-order chi connectivity index (χ0) is 46.3. The highest BCUT2D eigenvalue weighted by Gasteiger charge is 2.20. The minimum absolute atomic E-state index is 0.0134. The molecule has 12 nitrogen and oxygen atoms in total. The lowest BCUT2D eigenvalue weighted by Gasteiger charge is -2.25. The van der Waals surface area contributed by atoms with Gasteiger partial charge in [-0.2, -0.15) is 0 Å². The van der Waals surface area contributed by atoms with Crippen molar-refractivity contribution in [2.75, 3.05) is 52.9 Å². The molecule has 0 aromatic heterocycles. The third-order valence-electron chi connectivity index (χ3n) is 11.0. The summed E-state index contributed by atoms with van der Waals surface area (Å²) in [5, 5.41) is 0. The van der Waals surface area contributed by atoms with Crippen molar-refractivity contribution in [1.29, 1.82) is 0 Å². The molecular weight excluding hydrogens is 805 g/mol. The van der Waals surface area contributed by atoms with Gasteiger partial charge in [0.15, 0.2) is 0 Å². The Kier molecular flexibility index (Phi) is 45.9. The Bertz CT molecular complexity index is 945. The van der Waals surface area contributed by atoms with Crippen molar-refractivity contribution in [2.45, 2.75) is 259 Å². The quantitative estimate of drug-likeness (QED) is 0.0327. The van der Waals surface area contributed by atoms with Gasteiger partial charge in [-0.3, -0.25) is 0 Å². The average molecular weight is 903 g/mol. The summed E-state index contributed by atoms with van der Waals surface area (Å²) >= 11 is 0. The van der Waals surface area contributed by atoms with Crippen LogP contribution < -0.4 is 0 Å². The molecule has 0 amide bonds. The number of carbonyl (C=O) groups excluding carboxylic acids is 3. The molecule has 3 unspecified atom stereocenters. The first-order chi connectivity index (χ1) is 30.7. The number of carbonyl (C=O) groups is 3. The van der Waals surface area contributed by atoms with E-state index in [1.54, 1.807) is 20.8 Å². The zero-order valence-electron chi connectivity index (χ0n) is 41.6. The summed E-state index contributed by atoms with van der Waals surface area (Å²) in [6.07, 6.45) is 32.0. The fourth-order valence-electron chi connectivity index (χ4n) is 7.05. The molecule has 3 atom stereocenters. The number of unbranched alkanes of at least 4 members (excludes halogenated alkanes) is 27. The Morgan fingerprint density at radius 3 is 0.810 bits per heavy atom. The molecule has 374 valence electrons. The summed E-state index contributed by atoms with van der Waals surface area (Å²) < 4.78 is 49.8. The van der Waals surface area contributed by atoms with Crippen LogP contribution in [-0.4, -0.2) is 95.7 Å². The van der Waals surface area contributed by atoms with Crippen LogP contribution in [0.2, 0.25) is 0 Å². The molecule has 0 aliphatic carbocycles. The van der Waals surface area contributed by atoms with Crippen LogP contribution in [0, 0.1) is 0 Å². The molecule has 0 saturated heterocycles. The minimum atomic E-state index is -0.720. The lowest BCUT2D eigenvalue weighted by molar-refractivity contribution is -0.127. The highest BCUT2D eigenvalue weighted by molar-refractivity contribution is 5.60. The van der Waals surface area contributed by atoms with Crippen LogP contribution in [0.15, 0.2) is 0 Å². The molecule has 0 saturated carbocycles. The molecule has 0 rings (SSSR count). The van der Waals surface area contributed by atoms with E-state index in [1.807, 2.05) is 0 Å². The molecule has 0 aliphatic heterocycles. The van der Waals surface area contributed by atoms with E-state index in [9.17, 15) is 14.4 Å². The van der Waals surface area contributed by atoms with Gasteiger partial charge in [0.2, 0.25) is 0 Å². The molecular formula is C51H98O12. The maximum absolute atomic E-state index is 12.3. The first-order valence-corrected chi connectivity index (χ1v) is 26.0. The van der Waals surface area contributed by atoms with Crippen molar-refractivity contribution in [3.8, 4) is 0 Å². The van der Waals surface area contributed by atoms with Crippen LogP contribution in [0.3, 0.4) is 0 Å². The maximum atomic E-state index is 12.3. The van der Waals surface area contributed by atoms with Crippen LogP contribution in [0.1, 0.15) is 234 Å². The molecule has 0 aromatic carbocycles. The van der Waals surface area contributed by atoms with Gasteiger partial charge in [0.1, 0.15) is 25.9 Å². The summed E-state index contributed by atoms with van der Waals surface area (Å²) in [7, 11) is 0. The minimum Gasteiger partial charge on any atom is -0.434 e. The van der Waals surface area contributed by atoms with E-state index in [0.717, 1.165) is 57.8 Å². The van der Waals surface area contributed by atoms with Crippen LogP contribution in [0.4, 0.5) is 14.4 Å². The van der Waals surface area contributed by atoms with E-state index in [-0.39, 0.29) is 33.0 Å². The van der Waals surface area contributed by atoms with Crippen molar-refractivity contribution in [3.05, 3.63) is 0 Å². The monoisotopic (exact) mass is 903 g/mol. The van der Waals surface area contributed by atoms with Gasteiger partial charge < -0.3 is 42.6 Å². The van der Waals surface area contributed by atoms with E-state index < -0.39 is 42.9 Å². The average Bonchev–Trinajstić information content (AvgIpc) is 3.27. The Morgan fingerprint density at radius 1 is 0.302 bits per heavy atom. The Morgan fingerprint density at radius 2 is 0.540 bits per heavy atom. The van der Waals surface area contributed by atoms with Crippen LogP contribution in [0.25, 0.3) is 0 Å². The molecule has 0 aromatic rings. The molecule has 0 spiro atoms. The van der Waals surface area contributed by atoms with Gasteiger partial charge >= 0.3 is 18.5 Å². The van der Waals surface area contributed by atoms with Gasteiger partial charge in [-0.05, 0) is 40.0 Å². The molecule has 0 fully saturated rings. The van der Waals surface area contributed by atoms with Crippen molar-refractivity contribution in [3.63, 3.8) is 0 Å². The highest BCUT2D eigenvalue weighted by atomic mass is 16.7. The summed E-state index contributed by atoms with van der Waals surface area (Å²) in [6, 6.07) is 0. The van der Waals surface area contributed by atoms with Crippen molar-refractivity contribution in [2.24, 2.45) is 0 Å². The van der Waals surface area contributed by atoms with Gasteiger partial charge in [0.25, 0.3) is 0 Å². The third-order valence-corrected chi connectivity index (χ3v) is 11.0. The van der Waals surface area contributed by atoms with E-state index >= 15 is 0 Å². The molecule has 0 N–H and O–H groups in total. The topological polar surface area (TPSA) is 134 Å². The molecule has 0 aliphatic rings. The van der Waals surface area contributed by atoms with Gasteiger partial charge in [-0.15, -0.1) is 0 Å². The first-order valence-electron chi connectivity index (χ1n) is 26.0. The van der Waals surface area contributed by atoms with Gasteiger partial charge in [-0.25, -0.2) is 14.4 Å². The normalized spacial score (nSPS) is 13.2. The van der Waals surface area contributed by atoms with E-state index in [0.29, 0.717) is 19.8 Å². The summed E-state index contributed by atoms with van der Waals surface area (Å²) in [5.74, 6) is 0. The second-order valence-corrected chi connectivity index (χ2v) is 17.6. The van der Waals surface area contributed by atoms with Crippen molar-refractivity contribution < 1.29 is 57.0 Å². The Labute approximate surface area is 385 Å². The van der Waals surface area contributed by atoms with Crippen molar-refractivity contribution in [1.82, 2.24) is 0 Å². The van der Waals surface area contributed by atoms with Gasteiger partial charge in [0, 0.05) is 0 Å². The van der Waals surface area contributed by atoms with E-state index in [2.05, 4.69) is 20.8 Å². The largest absolute Gasteiger partial charge is 0.508 e. The van der Waals surface area contributed by atoms with Gasteiger partial charge in [-0.1, -0.05) is 194 Å². The number of hydrogen-bond donors (Lipinski definition) is 0. The summed E-state index contributed by atoms with van der Waals surface area (Å²) in [4.78, 5) is 36.7. The maximum Gasteiger partial charge on any atom is 0.508 e. The Hall–Kier alpha value is -2.31. The van der Waals surface area contributed by atoms with Crippen LogP contribution in [-0.2, 0) is 42.6 Å². The fraction of sp³-hybridized carbons (Fsp3) is 0.941. The number of hydrogen-bond acceptors (Lipinski definition) is 12. The van der Waals surface area contributed by atoms with Crippen LogP contribution in [0.5, 0.6) is 0 Å². The second kappa shape index (κ2) is 47.6. The lowest BCUT2D eigenvalue weighted by atomic mass is 10.1. The second-order valence-electron chi connectivity index (χ2n) is 17.6. The third kappa shape index (κ3) is 46.0. The lowest BCUT2D eigenvalue weighted by Crippen LogP contribution is -2.35. The first kappa shape index (κ1) is 60.7. The predicted molar refractivity (Wildman–Crippen MR) is 253 cm³/mol. The van der Waals surface area contributed by atoms with E-state index in [4.69, 9.17) is 42.6 Å². The summed E-state index contributed by atoms with van der Waals surface area (Å²) in [5.41, 5.74) is 0. The number of rotatable bonds is 47.